The van der Waals surface area contributed by atoms with Gasteiger partial charge >= 0.3 is 0 Å². The summed E-state index contributed by atoms with van der Waals surface area (Å²) in [6.07, 6.45) is 4.40. The van der Waals surface area contributed by atoms with Gasteiger partial charge in [0.25, 0.3) is 11.8 Å². The average molecular weight is 437 g/mol. The quantitative estimate of drug-likeness (QED) is 0.298. The lowest BCUT2D eigenvalue weighted by Crippen LogP contribution is -2.54. The molecule has 1 fully saturated rings. The Morgan fingerprint density at radius 1 is 1.19 bits per heavy atom. The minimum absolute atomic E-state index is 0.0159. The van der Waals surface area contributed by atoms with Crippen LogP contribution in [0.5, 0.6) is 11.5 Å². The molecule has 0 aromatic heterocycles. The molecule has 2 N–H and O–H groups in total. The highest BCUT2D eigenvalue weighted by atomic mass is 32.1. The maximum atomic E-state index is 13.2. The SMILES string of the molecule is C=CCc1cc(C=C2C(=O)NC(=S)N(c3ccc(CC)cc3)C2=O)cc(OCC)c1O. The number of ether oxygens (including phenoxy) is 1. The highest BCUT2D eigenvalue weighted by molar-refractivity contribution is 7.80. The summed E-state index contributed by atoms with van der Waals surface area (Å²) >= 11 is 5.25. The normalized spacial score (nSPS) is 15.2. The zero-order chi connectivity index (χ0) is 22.5. The highest BCUT2D eigenvalue weighted by Gasteiger charge is 2.34. The lowest BCUT2D eigenvalue weighted by Gasteiger charge is -2.29. The standard InChI is InChI=1S/C24H24N2O4S/c1-4-7-17-12-16(14-20(21(17)27)30-6-3)13-19-22(28)25-24(31)26(23(19)29)18-10-8-15(5-2)9-11-18/h4,8-14,27H,1,5-7H2,2-3H3,(H,25,28,31). The van der Waals surface area contributed by atoms with Gasteiger partial charge in [0, 0.05) is 5.56 Å². The van der Waals surface area contributed by atoms with Crippen LogP contribution in [0, 0.1) is 0 Å². The summed E-state index contributed by atoms with van der Waals surface area (Å²) < 4.78 is 5.51. The number of aryl methyl sites for hydroxylation is 1. The Balaban J connectivity index is 2.04. The van der Waals surface area contributed by atoms with Gasteiger partial charge < -0.3 is 9.84 Å². The van der Waals surface area contributed by atoms with E-state index in [1.54, 1.807) is 37.3 Å². The fourth-order valence-corrected chi connectivity index (χ4v) is 3.57. The molecule has 1 aliphatic rings. The van der Waals surface area contributed by atoms with E-state index in [1.165, 1.54) is 11.0 Å². The molecule has 2 aromatic carbocycles. The van der Waals surface area contributed by atoms with E-state index < -0.39 is 11.8 Å². The van der Waals surface area contributed by atoms with Gasteiger partial charge in [-0.25, -0.2) is 0 Å². The third kappa shape index (κ3) is 4.67. The van der Waals surface area contributed by atoms with Crippen LogP contribution in [0.2, 0.25) is 0 Å². The number of carbonyl (C=O) groups excluding carboxylic acids is 2. The van der Waals surface area contributed by atoms with Crippen LogP contribution in [0.3, 0.4) is 0 Å². The summed E-state index contributed by atoms with van der Waals surface area (Å²) in [7, 11) is 0. The largest absolute Gasteiger partial charge is 0.504 e. The molecule has 1 heterocycles. The van der Waals surface area contributed by atoms with Crippen LogP contribution in [0.25, 0.3) is 6.08 Å². The van der Waals surface area contributed by atoms with E-state index >= 15 is 0 Å². The van der Waals surface area contributed by atoms with Crippen molar-refractivity contribution in [2.24, 2.45) is 0 Å². The number of hydrogen-bond donors (Lipinski definition) is 2. The molecule has 3 rings (SSSR count). The molecule has 6 nitrogen and oxygen atoms in total. The lowest BCUT2D eigenvalue weighted by molar-refractivity contribution is -0.122. The van der Waals surface area contributed by atoms with Gasteiger partial charge in [-0.1, -0.05) is 25.1 Å². The second kappa shape index (κ2) is 9.57. The number of phenolic OH excluding ortho intramolecular Hbond substituents is 1. The van der Waals surface area contributed by atoms with Gasteiger partial charge in [-0.3, -0.25) is 19.8 Å². The molecule has 2 amide bonds. The van der Waals surface area contributed by atoms with Crippen molar-refractivity contribution in [2.45, 2.75) is 26.7 Å². The third-order valence-corrected chi connectivity index (χ3v) is 5.14. The van der Waals surface area contributed by atoms with Gasteiger partial charge in [-0.05, 0) is 73.5 Å². The number of amides is 2. The topological polar surface area (TPSA) is 78.9 Å². The van der Waals surface area contributed by atoms with Crippen LogP contribution in [0.1, 0.15) is 30.5 Å². The van der Waals surface area contributed by atoms with Crippen molar-refractivity contribution < 1.29 is 19.4 Å². The average Bonchev–Trinajstić information content (AvgIpc) is 2.75. The molecular weight excluding hydrogens is 412 g/mol. The molecule has 0 atom stereocenters. The third-order valence-electron chi connectivity index (χ3n) is 4.86. The molecule has 2 aromatic rings. The molecule has 0 radical (unpaired) electrons. The van der Waals surface area contributed by atoms with E-state index in [2.05, 4.69) is 11.9 Å². The molecule has 0 spiro atoms. The van der Waals surface area contributed by atoms with Crippen molar-refractivity contribution in [3.05, 3.63) is 71.3 Å². The number of hydrogen-bond acceptors (Lipinski definition) is 5. The number of nitrogens with one attached hydrogen (secondary N) is 1. The minimum atomic E-state index is -0.576. The van der Waals surface area contributed by atoms with Crippen LogP contribution in [0.15, 0.2) is 54.6 Å². The number of thiocarbonyl (C=S) groups is 1. The smallest absolute Gasteiger partial charge is 0.270 e. The van der Waals surface area contributed by atoms with Crippen LogP contribution in [-0.2, 0) is 22.4 Å². The van der Waals surface area contributed by atoms with Gasteiger partial charge in [0.2, 0.25) is 0 Å². The summed E-state index contributed by atoms with van der Waals surface area (Å²) in [5.41, 5.74) is 2.77. The van der Waals surface area contributed by atoms with E-state index in [0.717, 1.165) is 12.0 Å². The Labute approximate surface area is 186 Å². The van der Waals surface area contributed by atoms with Gasteiger partial charge in [0.15, 0.2) is 16.6 Å². The predicted octanol–water partition coefficient (Wildman–Crippen LogP) is 3.91. The van der Waals surface area contributed by atoms with Crippen molar-refractivity contribution in [1.29, 1.82) is 0 Å². The second-order valence-electron chi connectivity index (χ2n) is 6.93. The molecule has 0 aliphatic carbocycles. The fraction of sp³-hybridized carbons (Fsp3) is 0.208. The van der Waals surface area contributed by atoms with Crippen LogP contribution < -0.4 is 15.0 Å². The van der Waals surface area contributed by atoms with Crippen LogP contribution in [-0.4, -0.2) is 28.6 Å². The number of carbonyl (C=O) groups is 2. The molecule has 7 heteroatoms. The first-order chi connectivity index (χ1) is 14.9. The summed E-state index contributed by atoms with van der Waals surface area (Å²) in [5, 5.41) is 13.0. The Hall–Kier alpha value is -3.45. The Bertz CT molecular complexity index is 1070. The summed E-state index contributed by atoms with van der Waals surface area (Å²) in [6.45, 7) is 7.90. The van der Waals surface area contributed by atoms with Crippen LogP contribution >= 0.6 is 12.2 Å². The second-order valence-corrected chi connectivity index (χ2v) is 7.32. The summed E-state index contributed by atoms with van der Waals surface area (Å²) in [4.78, 5) is 27.1. The molecule has 1 aliphatic heterocycles. The van der Waals surface area contributed by atoms with E-state index in [9.17, 15) is 14.7 Å². The van der Waals surface area contributed by atoms with Gasteiger partial charge in [-0.2, -0.15) is 0 Å². The molecule has 160 valence electrons. The lowest BCUT2D eigenvalue weighted by atomic mass is 10.0. The van der Waals surface area contributed by atoms with Gasteiger partial charge in [-0.15, -0.1) is 6.58 Å². The van der Waals surface area contributed by atoms with Crippen molar-refractivity contribution in [2.75, 3.05) is 11.5 Å². The zero-order valence-corrected chi connectivity index (χ0v) is 18.3. The Morgan fingerprint density at radius 2 is 1.90 bits per heavy atom. The van der Waals surface area contributed by atoms with E-state index in [4.69, 9.17) is 17.0 Å². The predicted molar refractivity (Wildman–Crippen MR) is 125 cm³/mol. The van der Waals surface area contributed by atoms with Crippen molar-refractivity contribution in [3.63, 3.8) is 0 Å². The molecule has 31 heavy (non-hydrogen) atoms. The number of aromatic hydroxyl groups is 1. The summed E-state index contributed by atoms with van der Waals surface area (Å²) in [5.74, 6) is -0.802. The zero-order valence-electron chi connectivity index (χ0n) is 17.5. The number of allylic oxidation sites excluding steroid dienone is 1. The van der Waals surface area contributed by atoms with Gasteiger partial charge in [0.1, 0.15) is 5.57 Å². The highest BCUT2D eigenvalue weighted by Crippen LogP contribution is 2.33. The first kappa shape index (κ1) is 22.2. The fourth-order valence-electron chi connectivity index (χ4n) is 3.29. The van der Waals surface area contributed by atoms with E-state index in [1.807, 2.05) is 19.1 Å². The van der Waals surface area contributed by atoms with Crippen molar-refractivity contribution in [1.82, 2.24) is 5.32 Å². The number of nitrogens with zero attached hydrogens (tertiary/aromatic N) is 1. The first-order valence-corrected chi connectivity index (χ1v) is 10.4. The number of phenols is 1. The number of benzene rings is 2. The van der Waals surface area contributed by atoms with E-state index in [0.29, 0.717) is 29.8 Å². The van der Waals surface area contributed by atoms with Gasteiger partial charge in [0.05, 0.1) is 12.3 Å². The number of rotatable bonds is 7. The van der Waals surface area contributed by atoms with Crippen molar-refractivity contribution >= 4 is 40.9 Å². The van der Waals surface area contributed by atoms with E-state index in [-0.39, 0.29) is 22.2 Å². The monoisotopic (exact) mass is 436 g/mol. The molecule has 1 saturated heterocycles. The Morgan fingerprint density at radius 3 is 2.52 bits per heavy atom. The number of anilines is 1. The van der Waals surface area contributed by atoms with Crippen LogP contribution in [0.4, 0.5) is 5.69 Å². The molecule has 0 bridgehead atoms. The maximum Gasteiger partial charge on any atom is 0.270 e. The Kier molecular flexibility index (Phi) is 6.87. The van der Waals surface area contributed by atoms with Crippen molar-refractivity contribution in [3.8, 4) is 11.5 Å². The maximum absolute atomic E-state index is 13.2. The first-order valence-electron chi connectivity index (χ1n) is 9.99. The summed E-state index contributed by atoms with van der Waals surface area (Å²) in [6, 6.07) is 10.7. The molecular formula is C24H24N2O4S. The molecule has 0 unspecified atom stereocenters. The molecule has 0 saturated carbocycles. The minimum Gasteiger partial charge on any atom is -0.504 e.